The number of hydrogen-bond donors (Lipinski definition) is 0. The Labute approximate surface area is 182 Å². The largest absolute Gasteiger partial charge is 0.487 e. The van der Waals surface area contributed by atoms with E-state index < -0.39 is 0 Å². The predicted octanol–water partition coefficient (Wildman–Crippen LogP) is 4.67. The molecule has 0 amide bonds. The van der Waals surface area contributed by atoms with Crippen molar-refractivity contribution in [3.05, 3.63) is 71.1 Å². The van der Waals surface area contributed by atoms with E-state index in [-0.39, 0.29) is 12.0 Å². The number of carbonyl (C=O) groups is 1. The van der Waals surface area contributed by atoms with Crippen molar-refractivity contribution in [3.8, 4) is 17.2 Å². The van der Waals surface area contributed by atoms with E-state index >= 15 is 0 Å². The van der Waals surface area contributed by atoms with Crippen LogP contribution >= 0.6 is 0 Å². The number of carbonyl (C=O) groups excluding carboxylic acids is 1. The molecular formula is C25H28N2O4. The van der Waals surface area contributed by atoms with E-state index in [4.69, 9.17) is 13.9 Å². The number of oxazole rings is 1. The van der Waals surface area contributed by atoms with Gasteiger partial charge in [-0.15, -0.1) is 0 Å². The van der Waals surface area contributed by atoms with Crippen molar-refractivity contribution < 1.29 is 18.7 Å². The minimum Gasteiger partial charge on any atom is -0.487 e. The Hall–Kier alpha value is -3.12. The Morgan fingerprint density at radius 2 is 2.00 bits per heavy atom. The second-order valence-electron chi connectivity index (χ2n) is 7.98. The van der Waals surface area contributed by atoms with Crippen LogP contribution in [-0.4, -0.2) is 35.5 Å². The maximum Gasteiger partial charge on any atom is 0.323 e. The summed E-state index contributed by atoms with van der Waals surface area (Å²) in [6.45, 7) is 5.87. The number of esters is 1. The second kappa shape index (κ2) is 9.35. The zero-order valence-corrected chi connectivity index (χ0v) is 18.3. The summed E-state index contributed by atoms with van der Waals surface area (Å²) in [7, 11) is 1.45. The van der Waals surface area contributed by atoms with Gasteiger partial charge in [-0.1, -0.05) is 29.8 Å². The normalized spacial score (nSPS) is 16.4. The van der Waals surface area contributed by atoms with Crippen molar-refractivity contribution in [1.82, 2.24) is 9.88 Å². The summed E-state index contributed by atoms with van der Waals surface area (Å²) in [5.41, 5.74) is 4.03. The highest BCUT2D eigenvalue weighted by Crippen LogP contribution is 2.25. The number of aryl methyl sites for hydroxylation is 2. The molecule has 2 aromatic carbocycles. The van der Waals surface area contributed by atoms with Gasteiger partial charge in [0.15, 0.2) is 0 Å². The van der Waals surface area contributed by atoms with E-state index in [9.17, 15) is 4.79 Å². The number of aromatic nitrogens is 1. The Bertz CT molecular complexity index is 1040. The van der Waals surface area contributed by atoms with Gasteiger partial charge in [0.05, 0.1) is 7.11 Å². The fourth-order valence-electron chi connectivity index (χ4n) is 3.92. The summed E-state index contributed by atoms with van der Waals surface area (Å²) in [6, 6.07) is 15.9. The molecule has 0 N–H and O–H groups in total. The average Bonchev–Trinajstić information content (AvgIpc) is 3.39. The highest BCUT2D eigenvalue weighted by Gasteiger charge is 2.31. The Kier molecular flexibility index (Phi) is 6.37. The van der Waals surface area contributed by atoms with Crippen LogP contribution < -0.4 is 4.74 Å². The van der Waals surface area contributed by atoms with Crippen molar-refractivity contribution in [2.24, 2.45) is 0 Å². The number of methoxy groups -OCH3 is 1. The molecule has 0 saturated carbocycles. The summed E-state index contributed by atoms with van der Waals surface area (Å²) >= 11 is 0. The lowest BCUT2D eigenvalue weighted by atomic mass is 10.1. The standard InChI is InChI=1S/C25H28N2O4/c1-17-9-11-20(12-10-17)24-26-22(18(2)31-24)16-30-21-7-4-6-19(14-21)15-27-13-5-8-23(27)25(28)29-3/h4,6-7,9-12,14,23H,5,8,13,15-16H2,1-3H3/t23-/m0/s1. The van der Waals surface area contributed by atoms with Crippen LogP contribution in [0.1, 0.15) is 35.4 Å². The van der Waals surface area contributed by atoms with Gasteiger partial charge in [-0.05, 0) is 63.1 Å². The molecule has 0 unspecified atom stereocenters. The molecule has 1 aromatic heterocycles. The molecule has 2 heterocycles. The molecule has 1 aliphatic heterocycles. The van der Waals surface area contributed by atoms with E-state index in [1.807, 2.05) is 49.4 Å². The molecule has 3 aromatic rings. The molecule has 0 bridgehead atoms. The average molecular weight is 421 g/mol. The molecule has 6 nitrogen and oxygen atoms in total. The Morgan fingerprint density at radius 3 is 2.77 bits per heavy atom. The molecule has 1 atom stereocenters. The van der Waals surface area contributed by atoms with Crippen LogP contribution in [0, 0.1) is 13.8 Å². The molecule has 1 fully saturated rings. The lowest BCUT2D eigenvalue weighted by Gasteiger charge is -2.22. The van der Waals surface area contributed by atoms with Gasteiger partial charge < -0.3 is 13.9 Å². The van der Waals surface area contributed by atoms with Crippen molar-refractivity contribution in [3.63, 3.8) is 0 Å². The topological polar surface area (TPSA) is 64.8 Å². The zero-order valence-electron chi connectivity index (χ0n) is 18.3. The van der Waals surface area contributed by atoms with Gasteiger partial charge in [0, 0.05) is 12.1 Å². The summed E-state index contributed by atoms with van der Waals surface area (Å²) in [4.78, 5) is 18.8. The van der Waals surface area contributed by atoms with Gasteiger partial charge in [0.25, 0.3) is 0 Å². The van der Waals surface area contributed by atoms with Crippen LogP contribution in [0.15, 0.2) is 52.9 Å². The van der Waals surface area contributed by atoms with E-state index in [0.29, 0.717) is 19.0 Å². The van der Waals surface area contributed by atoms with Gasteiger partial charge in [-0.25, -0.2) is 4.98 Å². The summed E-state index contributed by atoms with van der Waals surface area (Å²) in [6.07, 6.45) is 1.85. The number of ether oxygens (including phenoxy) is 2. The first kappa shape index (κ1) is 21.1. The molecule has 0 spiro atoms. The third-order valence-corrected chi connectivity index (χ3v) is 5.69. The van der Waals surface area contributed by atoms with E-state index in [1.165, 1.54) is 12.7 Å². The Balaban J connectivity index is 1.41. The molecule has 31 heavy (non-hydrogen) atoms. The van der Waals surface area contributed by atoms with Crippen LogP contribution in [0.3, 0.4) is 0 Å². The summed E-state index contributed by atoms with van der Waals surface area (Å²) < 4.78 is 16.8. The molecule has 0 radical (unpaired) electrons. The monoisotopic (exact) mass is 420 g/mol. The maximum atomic E-state index is 12.0. The van der Waals surface area contributed by atoms with Crippen LogP contribution in [-0.2, 0) is 22.7 Å². The van der Waals surface area contributed by atoms with E-state index in [0.717, 1.165) is 47.7 Å². The summed E-state index contributed by atoms with van der Waals surface area (Å²) in [5, 5.41) is 0. The minimum atomic E-state index is -0.160. The fraction of sp³-hybridized carbons (Fsp3) is 0.360. The number of benzene rings is 2. The van der Waals surface area contributed by atoms with Gasteiger partial charge in [-0.3, -0.25) is 9.69 Å². The molecular weight excluding hydrogens is 392 g/mol. The SMILES string of the molecule is COC(=O)[C@@H]1CCCN1Cc1cccc(OCc2nc(-c3ccc(C)cc3)oc2C)c1. The summed E-state index contributed by atoms with van der Waals surface area (Å²) in [5.74, 6) is 1.97. The molecule has 0 aliphatic carbocycles. The van der Waals surface area contributed by atoms with Gasteiger partial charge >= 0.3 is 5.97 Å². The van der Waals surface area contributed by atoms with Crippen LogP contribution in [0.5, 0.6) is 5.75 Å². The van der Waals surface area contributed by atoms with Gasteiger partial charge in [0.1, 0.15) is 29.9 Å². The lowest BCUT2D eigenvalue weighted by molar-refractivity contribution is -0.146. The first-order chi connectivity index (χ1) is 15.0. The van der Waals surface area contributed by atoms with Gasteiger partial charge in [0.2, 0.25) is 5.89 Å². The van der Waals surface area contributed by atoms with Crippen LogP contribution in [0.2, 0.25) is 0 Å². The predicted molar refractivity (Wildman–Crippen MR) is 118 cm³/mol. The lowest BCUT2D eigenvalue weighted by Crippen LogP contribution is -2.36. The number of nitrogens with zero attached hydrogens (tertiary/aromatic N) is 2. The first-order valence-electron chi connectivity index (χ1n) is 10.6. The highest BCUT2D eigenvalue weighted by atomic mass is 16.5. The molecule has 4 rings (SSSR count). The number of rotatable bonds is 7. The zero-order chi connectivity index (χ0) is 21.8. The molecule has 1 saturated heterocycles. The van der Waals surface area contributed by atoms with Crippen molar-refractivity contribution in [2.75, 3.05) is 13.7 Å². The highest BCUT2D eigenvalue weighted by molar-refractivity contribution is 5.76. The van der Waals surface area contributed by atoms with Crippen molar-refractivity contribution >= 4 is 5.97 Å². The first-order valence-corrected chi connectivity index (χ1v) is 10.6. The number of hydrogen-bond acceptors (Lipinski definition) is 6. The molecule has 162 valence electrons. The van der Waals surface area contributed by atoms with E-state index in [2.05, 4.69) is 22.9 Å². The van der Waals surface area contributed by atoms with Crippen LogP contribution in [0.25, 0.3) is 11.5 Å². The van der Waals surface area contributed by atoms with E-state index in [1.54, 1.807) is 0 Å². The molecule has 6 heteroatoms. The van der Waals surface area contributed by atoms with Crippen molar-refractivity contribution in [1.29, 1.82) is 0 Å². The number of likely N-dealkylation sites (tertiary alicyclic amines) is 1. The quantitative estimate of drug-likeness (QED) is 0.518. The smallest absolute Gasteiger partial charge is 0.323 e. The minimum absolute atomic E-state index is 0.157. The van der Waals surface area contributed by atoms with Gasteiger partial charge in [-0.2, -0.15) is 0 Å². The molecule has 1 aliphatic rings. The third-order valence-electron chi connectivity index (χ3n) is 5.69. The Morgan fingerprint density at radius 1 is 1.19 bits per heavy atom. The third kappa shape index (κ3) is 4.97. The van der Waals surface area contributed by atoms with Crippen molar-refractivity contribution in [2.45, 2.75) is 45.9 Å². The van der Waals surface area contributed by atoms with Crippen LogP contribution in [0.4, 0.5) is 0 Å². The second-order valence-corrected chi connectivity index (χ2v) is 7.98. The fourth-order valence-corrected chi connectivity index (χ4v) is 3.92. The maximum absolute atomic E-state index is 12.0.